The fourth-order valence-electron chi connectivity index (χ4n) is 2.54. The fourth-order valence-corrected chi connectivity index (χ4v) is 2.54. The number of carbonyl (C=O) groups excluding carboxylic acids is 2. The lowest BCUT2D eigenvalue weighted by Crippen LogP contribution is -2.43. The van der Waals surface area contributed by atoms with Crippen LogP contribution in [0.15, 0.2) is 0 Å². The van der Waals surface area contributed by atoms with Crippen molar-refractivity contribution in [1.82, 2.24) is 5.32 Å². The van der Waals surface area contributed by atoms with Gasteiger partial charge in [0, 0.05) is 5.92 Å². The summed E-state index contributed by atoms with van der Waals surface area (Å²) in [7, 11) is 0. The van der Waals surface area contributed by atoms with Gasteiger partial charge in [0.1, 0.15) is 6.04 Å². The van der Waals surface area contributed by atoms with Gasteiger partial charge in [-0.25, -0.2) is 4.79 Å². The van der Waals surface area contributed by atoms with Crippen molar-refractivity contribution in [3.8, 4) is 0 Å². The highest BCUT2D eigenvalue weighted by molar-refractivity contribution is 5.85. The standard InChI is InChI=1S/C16H29NO3/c1-12(2)8-7-11-20-16(19)13(3)17-15(18)14-9-5-4-6-10-14/h12-14H,4-11H2,1-3H3,(H,17,18). The van der Waals surface area contributed by atoms with Crippen molar-refractivity contribution < 1.29 is 14.3 Å². The van der Waals surface area contributed by atoms with Crippen LogP contribution >= 0.6 is 0 Å². The molecule has 1 aliphatic rings. The van der Waals surface area contributed by atoms with Crippen LogP contribution in [0.3, 0.4) is 0 Å². The molecule has 0 heterocycles. The molecular formula is C16H29NO3. The molecule has 1 N–H and O–H groups in total. The van der Waals surface area contributed by atoms with Gasteiger partial charge in [-0.15, -0.1) is 0 Å². The topological polar surface area (TPSA) is 55.4 Å². The van der Waals surface area contributed by atoms with Crippen molar-refractivity contribution in [2.24, 2.45) is 11.8 Å². The molecule has 1 aliphatic carbocycles. The zero-order valence-corrected chi connectivity index (χ0v) is 13.1. The molecule has 4 nitrogen and oxygen atoms in total. The van der Waals surface area contributed by atoms with E-state index in [1.165, 1.54) is 6.42 Å². The molecule has 1 amide bonds. The highest BCUT2D eigenvalue weighted by atomic mass is 16.5. The number of nitrogens with one attached hydrogen (secondary N) is 1. The number of rotatable bonds is 7. The minimum atomic E-state index is -0.538. The molecule has 1 rings (SSSR count). The van der Waals surface area contributed by atoms with Crippen LogP contribution in [0.4, 0.5) is 0 Å². The fraction of sp³-hybridized carbons (Fsp3) is 0.875. The van der Waals surface area contributed by atoms with Gasteiger partial charge in [0.2, 0.25) is 5.91 Å². The van der Waals surface area contributed by atoms with Crippen molar-refractivity contribution in [3.63, 3.8) is 0 Å². The number of hydrogen-bond donors (Lipinski definition) is 1. The Morgan fingerprint density at radius 2 is 1.80 bits per heavy atom. The van der Waals surface area contributed by atoms with E-state index in [1.807, 2.05) is 0 Å². The van der Waals surface area contributed by atoms with E-state index in [-0.39, 0.29) is 17.8 Å². The van der Waals surface area contributed by atoms with Crippen molar-refractivity contribution in [1.29, 1.82) is 0 Å². The Balaban J connectivity index is 2.21. The molecule has 4 heteroatoms. The second-order valence-corrected chi connectivity index (χ2v) is 6.27. The molecule has 1 atom stereocenters. The Morgan fingerprint density at radius 1 is 1.15 bits per heavy atom. The number of ether oxygens (including phenoxy) is 1. The lowest BCUT2D eigenvalue weighted by Gasteiger charge is -2.22. The van der Waals surface area contributed by atoms with Crippen LogP contribution in [0.1, 0.15) is 65.7 Å². The van der Waals surface area contributed by atoms with Gasteiger partial charge in [0.15, 0.2) is 0 Å². The van der Waals surface area contributed by atoms with Gasteiger partial charge in [-0.2, -0.15) is 0 Å². The number of esters is 1. The molecule has 0 radical (unpaired) electrons. The van der Waals surface area contributed by atoms with E-state index < -0.39 is 6.04 Å². The third kappa shape index (κ3) is 6.40. The van der Waals surface area contributed by atoms with Crippen LogP contribution in [0, 0.1) is 11.8 Å². The molecule has 0 aliphatic heterocycles. The average molecular weight is 283 g/mol. The van der Waals surface area contributed by atoms with Crippen LogP contribution in [0.25, 0.3) is 0 Å². The maximum absolute atomic E-state index is 12.0. The predicted octanol–water partition coefficient (Wildman–Crippen LogP) is 3.05. The smallest absolute Gasteiger partial charge is 0.328 e. The molecule has 0 aromatic heterocycles. The first-order chi connectivity index (χ1) is 9.50. The van der Waals surface area contributed by atoms with Crippen LogP contribution < -0.4 is 5.32 Å². The van der Waals surface area contributed by atoms with Gasteiger partial charge in [0.25, 0.3) is 0 Å². The molecule has 0 aromatic rings. The lowest BCUT2D eigenvalue weighted by molar-refractivity contribution is -0.148. The zero-order valence-electron chi connectivity index (χ0n) is 13.1. The first-order valence-corrected chi connectivity index (χ1v) is 7.97. The van der Waals surface area contributed by atoms with Gasteiger partial charge < -0.3 is 10.1 Å². The van der Waals surface area contributed by atoms with Crippen LogP contribution in [0.5, 0.6) is 0 Å². The summed E-state index contributed by atoms with van der Waals surface area (Å²) in [5.41, 5.74) is 0. The SMILES string of the molecule is CC(C)CCCOC(=O)C(C)NC(=O)C1CCCCC1. The largest absolute Gasteiger partial charge is 0.464 e. The van der Waals surface area contributed by atoms with E-state index in [0.29, 0.717) is 12.5 Å². The van der Waals surface area contributed by atoms with Crippen molar-refractivity contribution in [2.75, 3.05) is 6.61 Å². The molecule has 0 saturated heterocycles. The van der Waals surface area contributed by atoms with Crippen LogP contribution in [-0.2, 0) is 14.3 Å². The quantitative estimate of drug-likeness (QED) is 0.577. The Bertz CT molecular complexity index is 309. The van der Waals surface area contributed by atoms with Crippen LogP contribution in [-0.4, -0.2) is 24.5 Å². The summed E-state index contributed by atoms with van der Waals surface area (Å²) in [6.45, 7) is 6.44. The van der Waals surface area contributed by atoms with E-state index in [0.717, 1.165) is 38.5 Å². The Hall–Kier alpha value is -1.06. The zero-order chi connectivity index (χ0) is 15.0. The van der Waals surface area contributed by atoms with E-state index >= 15 is 0 Å². The summed E-state index contributed by atoms with van der Waals surface area (Å²) < 4.78 is 5.19. The third-order valence-electron chi connectivity index (χ3n) is 3.86. The Kier molecular flexibility index (Phi) is 7.63. The summed E-state index contributed by atoms with van der Waals surface area (Å²) in [5.74, 6) is 0.395. The minimum absolute atomic E-state index is 0.0105. The molecule has 0 spiro atoms. The second-order valence-electron chi connectivity index (χ2n) is 6.27. The van der Waals surface area contributed by atoms with E-state index in [1.54, 1.807) is 6.92 Å². The van der Waals surface area contributed by atoms with Gasteiger partial charge in [-0.3, -0.25) is 4.79 Å². The molecule has 1 fully saturated rings. The van der Waals surface area contributed by atoms with Gasteiger partial charge in [-0.05, 0) is 38.5 Å². The lowest BCUT2D eigenvalue weighted by atomic mass is 9.88. The van der Waals surface area contributed by atoms with E-state index in [9.17, 15) is 9.59 Å². The number of hydrogen-bond acceptors (Lipinski definition) is 3. The molecule has 0 aromatic carbocycles. The third-order valence-corrected chi connectivity index (χ3v) is 3.86. The first-order valence-electron chi connectivity index (χ1n) is 7.97. The van der Waals surface area contributed by atoms with Gasteiger partial charge >= 0.3 is 5.97 Å². The highest BCUT2D eigenvalue weighted by Crippen LogP contribution is 2.23. The van der Waals surface area contributed by atoms with Gasteiger partial charge in [-0.1, -0.05) is 33.1 Å². The molecule has 1 unspecified atom stereocenters. The average Bonchev–Trinajstić information content (AvgIpc) is 2.44. The minimum Gasteiger partial charge on any atom is -0.464 e. The molecular weight excluding hydrogens is 254 g/mol. The molecule has 1 saturated carbocycles. The number of amides is 1. The van der Waals surface area contributed by atoms with E-state index in [2.05, 4.69) is 19.2 Å². The normalized spacial score (nSPS) is 17.8. The summed E-state index contributed by atoms with van der Waals surface area (Å²) in [5, 5.41) is 2.79. The summed E-state index contributed by atoms with van der Waals surface area (Å²) >= 11 is 0. The second kappa shape index (κ2) is 8.98. The Morgan fingerprint density at radius 3 is 2.40 bits per heavy atom. The first kappa shape index (κ1) is 17.0. The summed E-state index contributed by atoms with van der Waals surface area (Å²) in [6.07, 6.45) is 7.28. The van der Waals surface area contributed by atoms with E-state index in [4.69, 9.17) is 4.74 Å². The highest BCUT2D eigenvalue weighted by Gasteiger charge is 2.24. The Labute approximate surface area is 122 Å². The molecule has 0 bridgehead atoms. The molecule has 20 heavy (non-hydrogen) atoms. The monoisotopic (exact) mass is 283 g/mol. The molecule has 116 valence electrons. The van der Waals surface area contributed by atoms with Crippen molar-refractivity contribution >= 4 is 11.9 Å². The number of carbonyl (C=O) groups is 2. The maximum atomic E-state index is 12.0. The maximum Gasteiger partial charge on any atom is 0.328 e. The summed E-state index contributed by atoms with van der Waals surface area (Å²) in [6, 6.07) is -0.538. The van der Waals surface area contributed by atoms with Crippen LogP contribution in [0.2, 0.25) is 0 Å². The van der Waals surface area contributed by atoms with Gasteiger partial charge in [0.05, 0.1) is 6.61 Å². The summed E-state index contributed by atoms with van der Waals surface area (Å²) in [4.78, 5) is 23.8. The van der Waals surface area contributed by atoms with Crippen molar-refractivity contribution in [3.05, 3.63) is 0 Å². The predicted molar refractivity (Wildman–Crippen MR) is 79.2 cm³/mol. The van der Waals surface area contributed by atoms with Crippen molar-refractivity contribution in [2.45, 2.75) is 71.8 Å².